The van der Waals surface area contributed by atoms with E-state index in [0.717, 1.165) is 12.8 Å². The molecule has 2 aliphatic rings. The van der Waals surface area contributed by atoms with E-state index in [1.165, 1.54) is 0 Å². The Bertz CT molecular complexity index is 832. The molecular weight excluding hydrogens is 330 g/mol. The van der Waals surface area contributed by atoms with Gasteiger partial charge in [0.2, 0.25) is 0 Å². The molecule has 0 aliphatic carbocycles. The molecule has 0 radical (unpaired) electrons. The van der Waals surface area contributed by atoms with Crippen LogP contribution in [0.2, 0.25) is 0 Å². The lowest BCUT2D eigenvalue weighted by Gasteiger charge is -2.32. The zero-order valence-corrected chi connectivity index (χ0v) is 14.2. The van der Waals surface area contributed by atoms with E-state index in [0.29, 0.717) is 35.8 Å². The number of nitrogens with one attached hydrogen (secondary N) is 1. The third-order valence-corrected chi connectivity index (χ3v) is 4.64. The number of anilines is 1. The van der Waals surface area contributed by atoms with Gasteiger partial charge in [0.15, 0.2) is 0 Å². The molecule has 0 saturated carbocycles. The van der Waals surface area contributed by atoms with Crippen molar-refractivity contribution in [3.63, 3.8) is 0 Å². The molecule has 1 N–H and O–H groups in total. The molecule has 2 heterocycles. The van der Waals surface area contributed by atoms with Crippen molar-refractivity contribution in [2.45, 2.75) is 25.0 Å². The molecule has 2 atom stereocenters. The molecule has 132 valence electrons. The van der Waals surface area contributed by atoms with Crippen molar-refractivity contribution in [1.29, 1.82) is 5.26 Å². The highest BCUT2D eigenvalue weighted by atomic mass is 16.5. The third-order valence-electron chi connectivity index (χ3n) is 4.64. The van der Waals surface area contributed by atoms with Crippen LogP contribution in [-0.4, -0.2) is 36.2 Å². The summed E-state index contributed by atoms with van der Waals surface area (Å²) in [6.45, 7) is 1.30. The molecule has 0 aromatic heterocycles. The van der Waals surface area contributed by atoms with Crippen LogP contribution in [0.5, 0.6) is 11.5 Å². The maximum absolute atomic E-state index is 12.4. The van der Waals surface area contributed by atoms with E-state index in [9.17, 15) is 4.79 Å². The van der Waals surface area contributed by atoms with E-state index in [1.54, 1.807) is 48.5 Å². The summed E-state index contributed by atoms with van der Waals surface area (Å²) >= 11 is 0. The Morgan fingerprint density at radius 1 is 1.12 bits per heavy atom. The summed E-state index contributed by atoms with van der Waals surface area (Å²) in [5.41, 5.74) is 1.26. The lowest BCUT2D eigenvalue weighted by atomic mass is 10.2. The van der Waals surface area contributed by atoms with E-state index in [1.807, 2.05) is 4.90 Å². The molecule has 2 saturated heterocycles. The maximum Gasteiger partial charge on any atom is 0.322 e. The lowest BCUT2D eigenvalue weighted by molar-refractivity contribution is -0.0219. The number of benzene rings is 2. The van der Waals surface area contributed by atoms with Crippen LogP contribution in [0.3, 0.4) is 0 Å². The Kier molecular flexibility index (Phi) is 4.46. The lowest BCUT2D eigenvalue weighted by Crippen LogP contribution is -2.47. The first kappa shape index (κ1) is 16.4. The van der Waals surface area contributed by atoms with Crippen molar-refractivity contribution in [2.75, 3.05) is 18.4 Å². The molecule has 0 unspecified atom stereocenters. The summed E-state index contributed by atoms with van der Waals surface area (Å²) < 4.78 is 11.5. The number of ether oxygens (including phenoxy) is 2. The first-order valence-corrected chi connectivity index (χ1v) is 8.69. The Morgan fingerprint density at radius 3 is 2.54 bits per heavy atom. The minimum Gasteiger partial charge on any atom is -0.457 e. The molecule has 2 aliphatic heterocycles. The van der Waals surface area contributed by atoms with E-state index in [-0.39, 0.29) is 18.2 Å². The molecule has 6 heteroatoms. The number of fused-ring (bicyclic) bond motifs is 2. The number of nitriles is 1. The van der Waals surface area contributed by atoms with Crippen LogP contribution >= 0.6 is 0 Å². The number of carbonyl (C=O) groups excluding carboxylic acids is 1. The van der Waals surface area contributed by atoms with Crippen molar-refractivity contribution in [3.05, 3.63) is 54.1 Å². The smallest absolute Gasteiger partial charge is 0.322 e. The Morgan fingerprint density at radius 2 is 1.85 bits per heavy atom. The van der Waals surface area contributed by atoms with Crippen LogP contribution in [0.25, 0.3) is 0 Å². The summed E-state index contributed by atoms with van der Waals surface area (Å²) in [4.78, 5) is 14.3. The fourth-order valence-corrected chi connectivity index (χ4v) is 3.35. The van der Waals surface area contributed by atoms with Crippen LogP contribution in [-0.2, 0) is 4.74 Å². The number of morpholine rings is 1. The molecule has 2 amide bonds. The van der Waals surface area contributed by atoms with Crippen LogP contribution in [0.1, 0.15) is 18.4 Å². The second kappa shape index (κ2) is 7.06. The van der Waals surface area contributed by atoms with E-state index >= 15 is 0 Å². The van der Waals surface area contributed by atoms with Crippen molar-refractivity contribution in [2.24, 2.45) is 0 Å². The quantitative estimate of drug-likeness (QED) is 0.916. The minimum atomic E-state index is -0.0967. The van der Waals surface area contributed by atoms with Gasteiger partial charge in [0, 0.05) is 18.8 Å². The molecular formula is C20H19N3O3. The number of urea groups is 1. The second-order valence-electron chi connectivity index (χ2n) is 6.56. The van der Waals surface area contributed by atoms with E-state index < -0.39 is 0 Å². The number of rotatable bonds is 3. The van der Waals surface area contributed by atoms with Gasteiger partial charge in [0.05, 0.1) is 23.8 Å². The Labute approximate surface area is 151 Å². The number of likely N-dealkylation sites (tertiary alicyclic amines) is 1. The Balaban J connectivity index is 1.37. The normalized spacial score (nSPS) is 21.1. The average Bonchev–Trinajstić information content (AvgIpc) is 3.01. The van der Waals surface area contributed by atoms with Gasteiger partial charge in [-0.1, -0.05) is 6.07 Å². The van der Waals surface area contributed by atoms with Crippen LogP contribution in [0, 0.1) is 11.3 Å². The summed E-state index contributed by atoms with van der Waals surface area (Å²) in [5.74, 6) is 1.24. The fourth-order valence-electron chi connectivity index (χ4n) is 3.35. The number of hydrogen-bond acceptors (Lipinski definition) is 4. The maximum atomic E-state index is 12.4. The summed E-state index contributed by atoms with van der Waals surface area (Å²) in [6, 6.07) is 16.1. The van der Waals surface area contributed by atoms with Crippen LogP contribution in [0.15, 0.2) is 48.5 Å². The standard InChI is InChI=1S/C20H19N3O3/c21-11-14-2-1-3-17(10-14)25-16-6-4-15(5-7-16)22-20(24)23-12-18-8-9-19(13-23)26-18/h1-7,10,18-19H,8-9,12-13H2,(H,22,24)/t18-,19+. The highest BCUT2D eigenvalue weighted by Gasteiger charge is 2.35. The van der Waals surface area contributed by atoms with Gasteiger partial charge in [-0.05, 0) is 55.3 Å². The van der Waals surface area contributed by atoms with Gasteiger partial charge in [-0.25, -0.2) is 4.79 Å². The predicted octanol–water partition coefficient (Wildman–Crippen LogP) is 3.75. The molecule has 0 spiro atoms. The van der Waals surface area contributed by atoms with Crippen molar-refractivity contribution < 1.29 is 14.3 Å². The summed E-state index contributed by atoms with van der Waals surface area (Å²) in [6.07, 6.45) is 2.43. The van der Waals surface area contributed by atoms with Crippen molar-refractivity contribution in [3.8, 4) is 17.6 Å². The van der Waals surface area contributed by atoms with Gasteiger partial charge in [0.25, 0.3) is 0 Å². The predicted molar refractivity (Wildman–Crippen MR) is 96.2 cm³/mol. The largest absolute Gasteiger partial charge is 0.457 e. The number of amides is 2. The van der Waals surface area contributed by atoms with Gasteiger partial charge in [0.1, 0.15) is 11.5 Å². The highest BCUT2D eigenvalue weighted by Crippen LogP contribution is 2.27. The molecule has 6 nitrogen and oxygen atoms in total. The molecule has 2 fully saturated rings. The highest BCUT2D eigenvalue weighted by molar-refractivity contribution is 5.89. The monoisotopic (exact) mass is 349 g/mol. The van der Waals surface area contributed by atoms with Gasteiger partial charge in [-0.2, -0.15) is 5.26 Å². The molecule has 4 rings (SSSR count). The fraction of sp³-hybridized carbons (Fsp3) is 0.300. The van der Waals surface area contributed by atoms with E-state index in [2.05, 4.69) is 11.4 Å². The molecule has 2 aromatic rings. The topological polar surface area (TPSA) is 74.6 Å². The van der Waals surface area contributed by atoms with Crippen LogP contribution in [0.4, 0.5) is 10.5 Å². The van der Waals surface area contributed by atoms with Crippen molar-refractivity contribution in [1.82, 2.24) is 4.90 Å². The number of nitrogens with zero attached hydrogens (tertiary/aromatic N) is 2. The van der Waals surface area contributed by atoms with Crippen LogP contribution < -0.4 is 10.1 Å². The minimum absolute atomic E-state index is 0.0967. The van der Waals surface area contributed by atoms with E-state index in [4.69, 9.17) is 14.7 Å². The summed E-state index contributed by atoms with van der Waals surface area (Å²) in [5, 5.41) is 11.9. The van der Waals surface area contributed by atoms with Gasteiger partial charge >= 0.3 is 6.03 Å². The summed E-state index contributed by atoms with van der Waals surface area (Å²) in [7, 11) is 0. The zero-order valence-electron chi connectivity index (χ0n) is 14.2. The van der Waals surface area contributed by atoms with Crippen molar-refractivity contribution >= 4 is 11.7 Å². The Hall–Kier alpha value is -3.04. The SMILES string of the molecule is N#Cc1cccc(Oc2ccc(NC(=O)N3C[C@H]4CC[C@@H](C3)O4)cc2)c1. The second-order valence-corrected chi connectivity index (χ2v) is 6.56. The first-order valence-electron chi connectivity index (χ1n) is 8.69. The number of hydrogen-bond donors (Lipinski definition) is 1. The average molecular weight is 349 g/mol. The molecule has 2 bridgehead atoms. The van der Waals surface area contributed by atoms with Gasteiger partial charge in [-0.15, -0.1) is 0 Å². The van der Waals surface area contributed by atoms with Gasteiger partial charge in [-0.3, -0.25) is 0 Å². The zero-order chi connectivity index (χ0) is 17.9. The molecule has 26 heavy (non-hydrogen) atoms. The third kappa shape index (κ3) is 3.63. The van der Waals surface area contributed by atoms with Gasteiger partial charge < -0.3 is 19.7 Å². The first-order chi connectivity index (χ1) is 12.7. The number of carbonyl (C=O) groups is 1. The molecule has 2 aromatic carbocycles.